The first-order valence-electron chi connectivity index (χ1n) is 4.17. The van der Waals surface area contributed by atoms with Crippen LogP contribution in [0.3, 0.4) is 0 Å². The number of furan rings is 1. The van der Waals surface area contributed by atoms with Crippen LogP contribution >= 0.6 is 15.9 Å². The summed E-state index contributed by atoms with van der Waals surface area (Å²) in [5.41, 5.74) is 1.14. The molecule has 15 heavy (non-hydrogen) atoms. The van der Waals surface area contributed by atoms with Gasteiger partial charge in [0.1, 0.15) is 6.26 Å². The molecule has 1 N–H and O–H groups in total. The van der Waals surface area contributed by atoms with Crippen molar-refractivity contribution in [2.45, 2.75) is 6.54 Å². The van der Waals surface area contributed by atoms with Gasteiger partial charge in [-0.2, -0.15) is 0 Å². The van der Waals surface area contributed by atoms with Crippen LogP contribution in [0.4, 0.5) is 0 Å². The van der Waals surface area contributed by atoms with E-state index in [-0.39, 0.29) is 11.6 Å². The first kappa shape index (κ1) is 9.97. The van der Waals surface area contributed by atoms with Crippen LogP contribution in [-0.2, 0) is 6.54 Å². The highest BCUT2D eigenvalue weighted by Crippen LogP contribution is 2.13. The molecule has 2 rings (SSSR count). The van der Waals surface area contributed by atoms with Crippen LogP contribution in [-0.4, -0.2) is 11.1 Å². The van der Waals surface area contributed by atoms with Crippen molar-refractivity contribution in [3.05, 3.63) is 40.6 Å². The van der Waals surface area contributed by atoms with Crippen molar-refractivity contribution in [3.8, 4) is 0 Å². The molecule has 2 heterocycles. The average molecular weight is 271 g/mol. The van der Waals surface area contributed by atoms with Crippen molar-refractivity contribution >= 4 is 21.8 Å². The number of halogens is 1. The maximum absolute atomic E-state index is 11.4. The van der Waals surface area contributed by atoms with E-state index in [0.717, 1.165) is 5.56 Å². The second-order valence-electron chi connectivity index (χ2n) is 2.83. The molecular formula is C9H7BrN2O3. The zero-order valence-corrected chi connectivity index (χ0v) is 9.15. The van der Waals surface area contributed by atoms with E-state index in [1.807, 2.05) is 0 Å². The molecule has 0 spiro atoms. The lowest BCUT2D eigenvalue weighted by Gasteiger charge is -1.98. The van der Waals surface area contributed by atoms with Gasteiger partial charge in [-0.15, -0.1) is 0 Å². The Hall–Kier alpha value is -1.56. The number of rotatable bonds is 3. The summed E-state index contributed by atoms with van der Waals surface area (Å²) in [5, 5.41) is 6.19. The van der Waals surface area contributed by atoms with Crippen LogP contribution in [0.2, 0.25) is 0 Å². The van der Waals surface area contributed by atoms with Gasteiger partial charge in [-0.3, -0.25) is 4.79 Å². The summed E-state index contributed by atoms with van der Waals surface area (Å²) >= 11 is 3.17. The zero-order chi connectivity index (χ0) is 10.7. The first-order chi connectivity index (χ1) is 7.25. The molecule has 0 aliphatic rings. The Kier molecular flexibility index (Phi) is 2.86. The van der Waals surface area contributed by atoms with Crippen molar-refractivity contribution in [1.29, 1.82) is 0 Å². The van der Waals surface area contributed by atoms with Crippen molar-refractivity contribution in [2.75, 3.05) is 0 Å². The molecule has 6 heteroatoms. The van der Waals surface area contributed by atoms with Crippen LogP contribution < -0.4 is 5.32 Å². The maximum atomic E-state index is 11.4. The molecule has 78 valence electrons. The molecule has 0 saturated carbocycles. The maximum Gasteiger partial charge on any atom is 0.273 e. The van der Waals surface area contributed by atoms with Gasteiger partial charge in [-0.1, -0.05) is 5.16 Å². The third-order valence-electron chi connectivity index (χ3n) is 1.75. The largest absolute Gasteiger partial charge is 0.457 e. The van der Waals surface area contributed by atoms with Crippen LogP contribution in [0.1, 0.15) is 16.1 Å². The highest BCUT2D eigenvalue weighted by atomic mass is 79.9. The van der Waals surface area contributed by atoms with E-state index >= 15 is 0 Å². The SMILES string of the molecule is O=C(NCc1coc(Br)c1)c1ccon1. The molecule has 0 saturated heterocycles. The third-order valence-corrected chi connectivity index (χ3v) is 2.16. The fourth-order valence-electron chi connectivity index (χ4n) is 1.04. The average Bonchev–Trinajstić information content (AvgIpc) is 2.84. The molecule has 2 aromatic rings. The van der Waals surface area contributed by atoms with Gasteiger partial charge in [0.25, 0.3) is 5.91 Å². The minimum absolute atomic E-state index is 0.262. The van der Waals surface area contributed by atoms with Crippen LogP contribution in [0, 0.1) is 0 Å². The predicted molar refractivity (Wildman–Crippen MR) is 54.1 cm³/mol. The van der Waals surface area contributed by atoms with Gasteiger partial charge in [-0.25, -0.2) is 0 Å². The Balaban J connectivity index is 1.91. The van der Waals surface area contributed by atoms with E-state index in [4.69, 9.17) is 4.42 Å². The standard InChI is InChI=1S/C9H7BrN2O3/c10-8-3-6(5-14-8)4-11-9(13)7-1-2-15-12-7/h1-3,5H,4H2,(H,11,13). The topological polar surface area (TPSA) is 68.3 Å². The van der Waals surface area contributed by atoms with Crippen LogP contribution in [0.5, 0.6) is 0 Å². The highest BCUT2D eigenvalue weighted by molar-refractivity contribution is 9.10. The molecule has 0 bridgehead atoms. The third kappa shape index (κ3) is 2.47. The van der Waals surface area contributed by atoms with Crippen LogP contribution in [0.15, 0.2) is 38.3 Å². The number of hydrogen-bond donors (Lipinski definition) is 1. The lowest BCUT2D eigenvalue weighted by Crippen LogP contribution is -2.22. The van der Waals surface area contributed by atoms with Gasteiger partial charge in [-0.05, 0) is 22.0 Å². The Labute approximate surface area is 93.6 Å². The molecule has 0 radical (unpaired) electrons. The Bertz CT molecular complexity index is 450. The molecule has 0 aliphatic carbocycles. The van der Waals surface area contributed by atoms with E-state index in [0.29, 0.717) is 11.2 Å². The van der Waals surface area contributed by atoms with Gasteiger partial charge in [0.15, 0.2) is 10.4 Å². The molecule has 0 fully saturated rings. The smallest absolute Gasteiger partial charge is 0.273 e. The van der Waals surface area contributed by atoms with Gasteiger partial charge in [0.05, 0.1) is 6.26 Å². The Morgan fingerprint density at radius 1 is 1.60 bits per heavy atom. The van der Waals surface area contributed by atoms with E-state index in [9.17, 15) is 4.79 Å². The Morgan fingerprint density at radius 3 is 3.07 bits per heavy atom. The molecule has 1 amide bonds. The normalized spacial score (nSPS) is 10.2. The number of carbonyl (C=O) groups is 1. The van der Waals surface area contributed by atoms with Crippen molar-refractivity contribution < 1.29 is 13.7 Å². The van der Waals surface area contributed by atoms with Gasteiger partial charge in [0.2, 0.25) is 0 Å². The molecule has 0 unspecified atom stereocenters. The van der Waals surface area contributed by atoms with E-state index < -0.39 is 0 Å². The number of amides is 1. The lowest BCUT2D eigenvalue weighted by molar-refractivity contribution is 0.0942. The summed E-state index contributed by atoms with van der Waals surface area (Å²) in [4.78, 5) is 11.4. The zero-order valence-electron chi connectivity index (χ0n) is 7.57. The van der Waals surface area contributed by atoms with E-state index in [1.165, 1.54) is 12.3 Å². The number of carbonyl (C=O) groups excluding carboxylic acids is 1. The van der Waals surface area contributed by atoms with Crippen molar-refractivity contribution in [2.24, 2.45) is 0 Å². The summed E-state index contributed by atoms with van der Waals surface area (Å²) < 4.78 is 10.2. The number of nitrogens with zero attached hydrogens (tertiary/aromatic N) is 1. The van der Waals surface area contributed by atoms with Gasteiger partial charge >= 0.3 is 0 Å². The monoisotopic (exact) mass is 270 g/mol. The summed E-state index contributed by atoms with van der Waals surface area (Å²) in [6, 6.07) is 3.28. The second-order valence-corrected chi connectivity index (χ2v) is 3.61. The molecule has 0 aliphatic heterocycles. The fourth-order valence-corrected chi connectivity index (χ4v) is 1.43. The fraction of sp³-hybridized carbons (Fsp3) is 0.111. The van der Waals surface area contributed by atoms with Gasteiger partial charge in [0, 0.05) is 18.2 Å². The number of aromatic nitrogens is 1. The van der Waals surface area contributed by atoms with E-state index in [1.54, 1.807) is 12.3 Å². The summed E-state index contributed by atoms with van der Waals surface area (Å²) in [7, 11) is 0. The summed E-state index contributed by atoms with van der Waals surface area (Å²) in [6.45, 7) is 0.390. The minimum Gasteiger partial charge on any atom is -0.457 e. The summed E-state index contributed by atoms with van der Waals surface area (Å²) in [5.74, 6) is -0.277. The van der Waals surface area contributed by atoms with E-state index in [2.05, 4.69) is 30.9 Å². The first-order valence-corrected chi connectivity index (χ1v) is 4.96. The molecule has 5 nitrogen and oxygen atoms in total. The van der Waals surface area contributed by atoms with Gasteiger partial charge < -0.3 is 14.3 Å². The number of nitrogens with one attached hydrogen (secondary N) is 1. The molecule has 0 atom stereocenters. The second kappa shape index (κ2) is 4.31. The van der Waals surface area contributed by atoms with Crippen molar-refractivity contribution in [3.63, 3.8) is 0 Å². The summed E-state index contributed by atoms with van der Waals surface area (Å²) in [6.07, 6.45) is 2.91. The molecule has 2 aromatic heterocycles. The highest BCUT2D eigenvalue weighted by Gasteiger charge is 2.08. The lowest BCUT2D eigenvalue weighted by atomic mass is 10.3. The minimum atomic E-state index is -0.277. The number of hydrogen-bond acceptors (Lipinski definition) is 4. The quantitative estimate of drug-likeness (QED) is 0.926. The van der Waals surface area contributed by atoms with Crippen LogP contribution in [0.25, 0.3) is 0 Å². The Morgan fingerprint density at radius 2 is 2.47 bits per heavy atom. The predicted octanol–water partition coefficient (Wildman–Crippen LogP) is 1.96. The van der Waals surface area contributed by atoms with Crippen molar-refractivity contribution in [1.82, 2.24) is 10.5 Å². The molecular weight excluding hydrogens is 264 g/mol. The molecule has 0 aromatic carbocycles.